The fraction of sp³-hybridized carbons (Fsp3) is 0.412. The van der Waals surface area contributed by atoms with E-state index in [1.807, 2.05) is 25.1 Å². The van der Waals surface area contributed by atoms with E-state index in [-0.39, 0.29) is 12.2 Å². The summed E-state index contributed by atoms with van der Waals surface area (Å²) >= 11 is 0. The molecule has 1 heterocycles. The number of benzene rings is 1. The SMILES string of the molecule is CCc1ccc2c(c1)cc(C(=O)O)n2CC(=O)OC(C)(C)C. The smallest absolute Gasteiger partial charge is 0.352 e. The Morgan fingerprint density at radius 3 is 2.45 bits per heavy atom. The van der Waals surface area contributed by atoms with Crippen LogP contribution < -0.4 is 0 Å². The van der Waals surface area contributed by atoms with Crippen LogP contribution in [0.2, 0.25) is 0 Å². The van der Waals surface area contributed by atoms with Gasteiger partial charge in [-0.25, -0.2) is 4.79 Å². The lowest BCUT2D eigenvalue weighted by molar-refractivity contribution is -0.155. The highest BCUT2D eigenvalue weighted by atomic mass is 16.6. The van der Waals surface area contributed by atoms with Crippen LogP contribution >= 0.6 is 0 Å². The second-order valence-electron chi connectivity index (χ2n) is 6.25. The summed E-state index contributed by atoms with van der Waals surface area (Å²) in [6.07, 6.45) is 0.871. The number of carbonyl (C=O) groups is 2. The monoisotopic (exact) mass is 303 g/mol. The van der Waals surface area contributed by atoms with Crippen LogP contribution in [0.15, 0.2) is 24.3 Å². The van der Waals surface area contributed by atoms with E-state index in [0.29, 0.717) is 0 Å². The number of carbonyl (C=O) groups excluding carboxylic acids is 1. The lowest BCUT2D eigenvalue weighted by atomic mass is 10.1. The van der Waals surface area contributed by atoms with Crippen LogP contribution in [-0.2, 0) is 22.5 Å². The van der Waals surface area contributed by atoms with Gasteiger partial charge in [0, 0.05) is 10.9 Å². The van der Waals surface area contributed by atoms with Crippen molar-refractivity contribution in [3.05, 3.63) is 35.5 Å². The number of hydrogen-bond acceptors (Lipinski definition) is 3. The highest BCUT2D eigenvalue weighted by molar-refractivity contribution is 5.95. The lowest BCUT2D eigenvalue weighted by Gasteiger charge is -2.20. The molecule has 0 unspecified atom stereocenters. The Bertz CT molecular complexity index is 722. The molecule has 118 valence electrons. The number of aryl methyl sites for hydroxylation is 1. The van der Waals surface area contributed by atoms with Gasteiger partial charge in [-0.3, -0.25) is 4.79 Å². The Morgan fingerprint density at radius 2 is 1.91 bits per heavy atom. The summed E-state index contributed by atoms with van der Waals surface area (Å²) in [5, 5.41) is 10.2. The number of carboxylic acid groups (broad SMARTS) is 1. The highest BCUT2D eigenvalue weighted by Gasteiger charge is 2.21. The van der Waals surface area contributed by atoms with Crippen molar-refractivity contribution in [3.63, 3.8) is 0 Å². The van der Waals surface area contributed by atoms with Gasteiger partial charge < -0.3 is 14.4 Å². The van der Waals surface area contributed by atoms with Crippen molar-refractivity contribution in [2.24, 2.45) is 0 Å². The molecule has 1 N–H and O–H groups in total. The molecule has 0 spiro atoms. The molecule has 5 heteroatoms. The molecule has 22 heavy (non-hydrogen) atoms. The average molecular weight is 303 g/mol. The molecule has 0 aliphatic rings. The van der Waals surface area contributed by atoms with E-state index >= 15 is 0 Å². The van der Waals surface area contributed by atoms with E-state index in [0.717, 1.165) is 22.9 Å². The first-order valence-electron chi connectivity index (χ1n) is 7.28. The van der Waals surface area contributed by atoms with Crippen molar-refractivity contribution in [1.29, 1.82) is 0 Å². The summed E-state index contributed by atoms with van der Waals surface area (Å²) in [5.41, 5.74) is 1.34. The Balaban J connectivity index is 2.44. The van der Waals surface area contributed by atoms with E-state index in [9.17, 15) is 14.7 Å². The minimum atomic E-state index is -1.06. The molecule has 0 radical (unpaired) electrons. The van der Waals surface area contributed by atoms with E-state index in [1.165, 1.54) is 4.57 Å². The van der Waals surface area contributed by atoms with Gasteiger partial charge in [-0.2, -0.15) is 0 Å². The summed E-state index contributed by atoms with van der Waals surface area (Å²) in [6, 6.07) is 7.35. The first kappa shape index (κ1) is 16.1. The van der Waals surface area contributed by atoms with Crippen LogP contribution in [0.25, 0.3) is 10.9 Å². The predicted molar refractivity (Wildman–Crippen MR) is 84.1 cm³/mol. The fourth-order valence-corrected chi connectivity index (χ4v) is 2.39. The number of carboxylic acids is 1. The van der Waals surface area contributed by atoms with Gasteiger partial charge in [0.2, 0.25) is 0 Å². The molecule has 0 fully saturated rings. The molecule has 0 saturated heterocycles. The number of aromatic carboxylic acids is 1. The summed E-state index contributed by atoms with van der Waals surface area (Å²) in [7, 11) is 0. The molecule has 1 aromatic heterocycles. The van der Waals surface area contributed by atoms with Gasteiger partial charge in [0.1, 0.15) is 17.8 Å². The number of nitrogens with zero attached hydrogens (tertiary/aromatic N) is 1. The fourth-order valence-electron chi connectivity index (χ4n) is 2.39. The number of fused-ring (bicyclic) bond motifs is 1. The Morgan fingerprint density at radius 1 is 1.23 bits per heavy atom. The van der Waals surface area contributed by atoms with E-state index in [2.05, 4.69) is 0 Å². The molecule has 0 aliphatic carbocycles. The van der Waals surface area contributed by atoms with Crippen molar-refractivity contribution in [1.82, 2.24) is 4.57 Å². The number of rotatable bonds is 4. The van der Waals surface area contributed by atoms with Crippen molar-refractivity contribution < 1.29 is 19.4 Å². The Labute approximate surface area is 129 Å². The third-order valence-corrected chi connectivity index (χ3v) is 3.30. The maximum Gasteiger partial charge on any atom is 0.352 e. The Kier molecular flexibility index (Phi) is 4.26. The summed E-state index contributed by atoms with van der Waals surface area (Å²) in [4.78, 5) is 23.5. The number of hydrogen-bond donors (Lipinski definition) is 1. The van der Waals surface area contributed by atoms with Gasteiger partial charge in [0.15, 0.2) is 0 Å². The molecular formula is C17H21NO4. The van der Waals surface area contributed by atoms with Crippen LogP contribution in [0.4, 0.5) is 0 Å². The summed E-state index contributed by atoms with van der Waals surface area (Å²) < 4.78 is 6.78. The van der Waals surface area contributed by atoms with Gasteiger partial charge in [-0.15, -0.1) is 0 Å². The lowest BCUT2D eigenvalue weighted by Crippen LogP contribution is -2.27. The molecule has 0 saturated carbocycles. The van der Waals surface area contributed by atoms with Gasteiger partial charge in [0.05, 0.1) is 0 Å². The third kappa shape index (κ3) is 3.47. The first-order chi connectivity index (χ1) is 10.2. The van der Waals surface area contributed by atoms with Crippen molar-refractivity contribution in [2.75, 3.05) is 0 Å². The maximum absolute atomic E-state index is 12.0. The van der Waals surface area contributed by atoms with Crippen LogP contribution in [0.3, 0.4) is 0 Å². The molecule has 0 amide bonds. The summed E-state index contributed by atoms with van der Waals surface area (Å²) in [5.74, 6) is -1.51. The molecular weight excluding hydrogens is 282 g/mol. The maximum atomic E-state index is 12.0. The van der Waals surface area contributed by atoms with Crippen LogP contribution in [0, 0.1) is 0 Å². The molecule has 0 aliphatic heterocycles. The van der Waals surface area contributed by atoms with Gasteiger partial charge in [-0.1, -0.05) is 13.0 Å². The van der Waals surface area contributed by atoms with E-state index in [1.54, 1.807) is 26.8 Å². The topological polar surface area (TPSA) is 68.5 Å². The quantitative estimate of drug-likeness (QED) is 0.880. The minimum Gasteiger partial charge on any atom is -0.477 e. The molecule has 2 rings (SSSR count). The van der Waals surface area contributed by atoms with Gasteiger partial charge in [0.25, 0.3) is 0 Å². The van der Waals surface area contributed by atoms with Crippen molar-refractivity contribution >= 4 is 22.8 Å². The van der Waals surface area contributed by atoms with Gasteiger partial charge >= 0.3 is 11.9 Å². The number of ether oxygens (including phenoxy) is 1. The largest absolute Gasteiger partial charge is 0.477 e. The molecule has 5 nitrogen and oxygen atoms in total. The third-order valence-electron chi connectivity index (χ3n) is 3.30. The zero-order valence-corrected chi connectivity index (χ0v) is 13.3. The normalized spacial score (nSPS) is 11.6. The molecule has 0 bridgehead atoms. The molecule has 2 aromatic rings. The number of aromatic nitrogens is 1. The molecule has 1 aromatic carbocycles. The average Bonchev–Trinajstić information content (AvgIpc) is 2.74. The Hall–Kier alpha value is -2.30. The zero-order valence-electron chi connectivity index (χ0n) is 13.3. The summed E-state index contributed by atoms with van der Waals surface area (Å²) in [6.45, 7) is 7.27. The number of esters is 1. The first-order valence-corrected chi connectivity index (χ1v) is 7.28. The van der Waals surface area contributed by atoms with Crippen LogP contribution in [0.5, 0.6) is 0 Å². The zero-order chi connectivity index (χ0) is 16.5. The van der Waals surface area contributed by atoms with Crippen molar-refractivity contribution in [3.8, 4) is 0 Å². The van der Waals surface area contributed by atoms with Crippen LogP contribution in [-0.4, -0.2) is 27.2 Å². The predicted octanol–water partition coefficient (Wildman–Crippen LogP) is 3.24. The minimum absolute atomic E-state index is 0.0918. The molecule has 0 atom stereocenters. The second-order valence-corrected chi connectivity index (χ2v) is 6.25. The van der Waals surface area contributed by atoms with Crippen LogP contribution in [0.1, 0.15) is 43.7 Å². The van der Waals surface area contributed by atoms with E-state index in [4.69, 9.17) is 4.74 Å². The second kappa shape index (κ2) is 5.83. The van der Waals surface area contributed by atoms with E-state index < -0.39 is 17.5 Å². The highest BCUT2D eigenvalue weighted by Crippen LogP contribution is 2.22. The standard InChI is InChI=1S/C17H21NO4/c1-5-11-6-7-13-12(8-11)9-14(16(20)21)18(13)10-15(19)22-17(2,3)4/h6-9H,5,10H2,1-4H3,(H,20,21). The van der Waals surface area contributed by atoms with Crippen molar-refractivity contribution in [2.45, 2.75) is 46.3 Å². The van der Waals surface area contributed by atoms with Gasteiger partial charge in [-0.05, 0) is 51.0 Å².